The molecule has 3 unspecified atom stereocenters. The molecule has 4 atom stereocenters. The van der Waals surface area contributed by atoms with Crippen molar-refractivity contribution in [1.29, 1.82) is 0 Å². The third kappa shape index (κ3) is 10.2. The number of carboxylic acid groups (broad SMARTS) is 1. The summed E-state index contributed by atoms with van der Waals surface area (Å²) in [5.41, 5.74) is 0.358. The van der Waals surface area contributed by atoms with Crippen LogP contribution in [0.5, 0.6) is 0 Å². The van der Waals surface area contributed by atoms with Crippen LogP contribution in [-0.2, 0) is 21.0 Å². The molecular formula is C27H44O4. The van der Waals surface area contributed by atoms with Crippen LogP contribution < -0.4 is 0 Å². The second-order valence-electron chi connectivity index (χ2n) is 10.6. The molecule has 0 radical (unpaired) electrons. The minimum atomic E-state index is -0.840. The molecular weight excluding hydrogens is 388 g/mol. The molecule has 1 saturated heterocycles. The Morgan fingerprint density at radius 2 is 1.55 bits per heavy atom. The lowest BCUT2D eigenvalue weighted by Gasteiger charge is -2.26. The summed E-state index contributed by atoms with van der Waals surface area (Å²) < 4.78 is 0. The fraction of sp³-hybridized carbons (Fsp3) is 0.741. The average Bonchev–Trinajstić information content (AvgIpc) is 2.97. The van der Waals surface area contributed by atoms with Crippen LogP contribution in [0.2, 0.25) is 0 Å². The van der Waals surface area contributed by atoms with E-state index in [0.29, 0.717) is 18.3 Å². The molecule has 31 heavy (non-hydrogen) atoms. The molecule has 0 spiro atoms. The molecule has 0 saturated carbocycles. The molecule has 1 fully saturated rings. The Balaban J connectivity index is 1.52. The molecule has 0 amide bonds. The van der Waals surface area contributed by atoms with E-state index in [-0.39, 0.29) is 12.0 Å². The van der Waals surface area contributed by atoms with Crippen molar-refractivity contribution < 1.29 is 19.7 Å². The van der Waals surface area contributed by atoms with Gasteiger partial charge in [-0.25, -0.2) is 9.78 Å². The smallest absolute Gasteiger partial charge is 0.306 e. The summed E-state index contributed by atoms with van der Waals surface area (Å²) in [6.45, 7) is 8.53. The first-order valence-electron chi connectivity index (χ1n) is 12.3. The number of aliphatic carboxylic acids is 1. The maximum Gasteiger partial charge on any atom is 0.306 e. The summed E-state index contributed by atoms with van der Waals surface area (Å²) in [6, 6.07) is 10.8. The zero-order valence-electron chi connectivity index (χ0n) is 20.2. The van der Waals surface area contributed by atoms with Crippen LogP contribution in [0.4, 0.5) is 0 Å². The summed E-state index contributed by atoms with van der Waals surface area (Å²) in [5, 5.41) is 9.09. The molecule has 1 aliphatic rings. The molecule has 4 nitrogen and oxygen atoms in total. The topological polar surface area (TPSA) is 55.8 Å². The van der Waals surface area contributed by atoms with Gasteiger partial charge in [0.05, 0.1) is 6.42 Å². The van der Waals surface area contributed by atoms with Gasteiger partial charge in [-0.2, -0.15) is 0 Å². The molecule has 0 aliphatic carbocycles. The summed E-state index contributed by atoms with van der Waals surface area (Å²) in [5.74, 6) is 0.409. The number of aryl methyl sites for hydroxylation is 1. The summed E-state index contributed by atoms with van der Waals surface area (Å²) >= 11 is 0. The zero-order chi connectivity index (χ0) is 22.7. The minimum Gasteiger partial charge on any atom is -0.481 e. The van der Waals surface area contributed by atoms with Gasteiger partial charge in [-0.15, -0.1) is 0 Å². The number of benzene rings is 1. The van der Waals surface area contributed by atoms with E-state index < -0.39 is 11.6 Å². The molecule has 2 rings (SSSR count). The fourth-order valence-corrected chi connectivity index (χ4v) is 5.37. The molecule has 1 aromatic rings. The van der Waals surface area contributed by atoms with Crippen LogP contribution in [0.15, 0.2) is 30.3 Å². The zero-order valence-corrected chi connectivity index (χ0v) is 20.2. The maximum atomic E-state index is 11.1. The molecule has 4 heteroatoms. The van der Waals surface area contributed by atoms with Crippen LogP contribution >= 0.6 is 0 Å². The van der Waals surface area contributed by atoms with Gasteiger partial charge in [-0.3, -0.25) is 4.79 Å². The van der Waals surface area contributed by atoms with Gasteiger partial charge in [0.25, 0.3) is 0 Å². The molecule has 176 valence electrons. The number of hydrogen-bond donors (Lipinski definition) is 1. The predicted molar refractivity (Wildman–Crippen MR) is 126 cm³/mol. The SMILES string of the molecule is CC(CCCCCCCCc1ccccc1)CC(C)CC1(C)C[C@](C)(CC(=O)O)OO1. The van der Waals surface area contributed by atoms with Crippen molar-refractivity contribution in [3.63, 3.8) is 0 Å². The first kappa shape index (κ1) is 25.9. The Kier molecular flexibility index (Phi) is 10.5. The minimum absolute atomic E-state index is 0.0143. The first-order chi connectivity index (χ1) is 14.7. The monoisotopic (exact) mass is 432 g/mol. The quantitative estimate of drug-likeness (QED) is 0.232. The Labute approximate surface area is 189 Å². The average molecular weight is 433 g/mol. The van der Waals surface area contributed by atoms with Gasteiger partial charge in [-0.1, -0.05) is 82.7 Å². The lowest BCUT2D eigenvalue weighted by atomic mass is 9.80. The molecule has 1 aliphatic heterocycles. The molecule has 0 bridgehead atoms. The van der Waals surface area contributed by atoms with E-state index in [9.17, 15) is 4.79 Å². The lowest BCUT2D eigenvalue weighted by Crippen LogP contribution is -2.32. The Morgan fingerprint density at radius 3 is 2.23 bits per heavy atom. The van der Waals surface area contributed by atoms with Gasteiger partial charge < -0.3 is 5.11 Å². The van der Waals surface area contributed by atoms with Crippen molar-refractivity contribution in [3.8, 4) is 0 Å². The fourth-order valence-electron chi connectivity index (χ4n) is 5.37. The molecule has 1 heterocycles. The standard InChI is InChI=1S/C27H44O4/c1-22(14-10-7-5-6-8-11-15-24-16-12-9-13-17-24)18-23(2)19-26(3)21-27(4,31-30-26)20-25(28)29/h9,12-13,16-17,22-23H,5-8,10-11,14-15,18-21H2,1-4H3,(H,28,29)/t22?,23?,26?,27-/m0/s1. The molecule has 1 N–H and O–H groups in total. The van der Waals surface area contributed by atoms with Crippen molar-refractivity contribution >= 4 is 5.97 Å². The third-order valence-electron chi connectivity index (χ3n) is 6.56. The van der Waals surface area contributed by atoms with E-state index in [1.54, 1.807) is 0 Å². The number of hydrogen-bond acceptors (Lipinski definition) is 3. The van der Waals surface area contributed by atoms with Crippen molar-refractivity contribution in [3.05, 3.63) is 35.9 Å². The van der Waals surface area contributed by atoms with E-state index in [0.717, 1.165) is 6.42 Å². The second kappa shape index (κ2) is 12.6. The Hall–Kier alpha value is -1.39. The molecule has 0 aromatic heterocycles. The normalized spacial score (nSPS) is 25.4. The number of rotatable bonds is 15. The van der Waals surface area contributed by atoms with Crippen LogP contribution in [0.25, 0.3) is 0 Å². The van der Waals surface area contributed by atoms with Crippen molar-refractivity contribution in [1.82, 2.24) is 0 Å². The van der Waals surface area contributed by atoms with Crippen LogP contribution in [0.3, 0.4) is 0 Å². The highest BCUT2D eigenvalue weighted by Crippen LogP contribution is 2.42. The van der Waals surface area contributed by atoms with Crippen molar-refractivity contribution in [2.24, 2.45) is 11.8 Å². The van der Waals surface area contributed by atoms with Gasteiger partial charge in [-0.05, 0) is 56.9 Å². The van der Waals surface area contributed by atoms with Gasteiger partial charge in [0.1, 0.15) is 11.2 Å². The highest BCUT2D eigenvalue weighted by Gasteiger charge is 2.47. The highest BCUT2D eigenvalue weighted by molar-refractivity contribution is 5.68. The van der Waals surface area contributed by atoms with Gasteiger partial charge in [0, 0.05) is 6.42 Å². The third-order valence-corrected chi connectivity index (χ3v) is 6.56. The predicted octanol–water partition coefficient (Wildman–Crippen LogP) is 7.36. The summed E-state index contributed by atoms with van der Waals surface area (Å²) in [4.78, 5) is 22.1. The van der Waals surface area contributed by atoms with Crippen LogP contribution in [0, 0.1) is 11.8 Å². The number of unbranched alkanes of at least 4 members (excludes halogenated alkanes) is 5. The van der Waals surface area contributed by atoms with Crippen LogP contribution in [0.1, 0.15) is 104 Å². The Morgan fingerprint density at radius 1 is 0.935 bits per heavy atom. The van der Waals surface area contributed by atoms with Crippen LogP contribution in [-0.4, -0.2) is 22.3 Å². The van der Waals surface area contributed by atoms with Crippen molar-refractivity contribution in [2.75, 3.05) is 0 Å². The summed E-state index contributed by atoms with van der Waals surface area (Å²) in [6.07, 6.45) is 13.2. The Bertz CT molecular complexity index is 646. The number of carboxylic acids is 1. The highest BCUT2D eigenvalue weighted by atomic mass is 17.2. The maximum absolute atomic E-state index is 11.1. The van der Waals surface area contributed by atoms with E-state index in [1.165, 1.54) is 63.4 Å². The lowest BCUT2D eigenvalue weighted by molar-refractivity contribution is -0.346. The van der Waals surface area contributed by atoms with E-state index >= 15 is 0 Å². The van der Waals surface area contributed by atoms with E-state index in [2.05, 4.69) is 51.1 Å². The van der Waals surface area contributed by atoms with E-state index in [1.807, 2.05) is 6.92 Å². The first-order valence-corrected chi connectivity index (χ1v) is 12.3. The van der Waals surface area contributed by atoms with Gasteiger partial charge in [0.15, 0.2) is 0 Å². The van der Waals surface area contributed by atoms with Crippen molar-refractivity contribution in [2.45, 2.75) is 116 Å². The van der Waals surface area contributed by atoms with Gasteiger partial charge in [0.2, 0.25) is 0 Å². The van der Waals surface area contributed by atoms with Gasteiger partial charge >= 0.3 is 5.97 Å². The summed E-state index contributed by atoms with van der Waals surface area (Å²) in [7, 11) is 0. The molecule has 1 aromatic carbocycles. The largest absolute Gasteiger partial charge is 0.481 e. The second-order valence-corrected chi connectivity index (χ2v) is 10.6. The number of carbonyl (C=O) groups is 1. The van der Waals surface area contributed by atoms with E-state index in [4.69, 9.17) is 14.9 Å².